The Bertz CT molecular complexity index is 368. The molecule has 0 aliphatic carbocycles. The number of rotatable bonds is 4. The number of carbonyl (C=O) groups excluding carboxylic acids is 1. The molecule has 3 nitrogen and oxygen atoms in total. The molecule has 0 aliphatic heterocycles. The van der Waals surface area contributed by atoms with Crippen molar-refractivity contribution in [2.24, 2.45) is 5.92 Å². The first kappa shape index (κ1) is 13.1. The Morgan fingerprint density at radius 2 is 2.06 bits per heavy atom. The van der Waals surface area contributed by atoms with Gasteiger partial charge in [-0.15, -0.1) is 12.6 Å². The maximum Gasteiger partial charge on any atom is 0.252 e. The van der Waals surface area contributed by atoms with Crippen molar-refractivity contribution in [1.29, 1.82) is 0 Å². The lowest BCUT2D eigenvalue weighted by molar-refractivity contribution is 0.0913. The first-order chi connectivity index (χ1) is 7.56. The molecule has 0 saturated carbocycles. The maximum atomic E-state index is 11.9. The monoisotopic (exact) mass is 239 g/mol. The summed E-state index contributed by atoms with van der Waals surface area (Å²) in [6.07, 6.45) is 0. The zero-order valence-electron chi connectivity index (χ0n) is 9.47. The summed E-state index contributed by atoms with van der Waals surface area (Å²) in [6, 6.07) is 7.07. The van der Waals surface area contributed by atoms with E-state index in [-0.39, 0.29) is 24.5 Å². The highest BCUT2D eigenvalue weighted by atomic mass is 32.1. The molecule has 0 saturated heterocycles. The van der Waals surface area contributed by atoms with E-state index < -0.39 is 0 Å². The lowest BCUT2D eigenvalue weighted by Crippen LogP contribution is -2.38. The van der Waals surface area contributed by atoms with Crippen LogP contribution in [0.25, 0.3) is 0 Å². The zero-order chi connectivity index (χ0) is 12.1. The number of hydrogen-bond acceptors (Lipinski definition) is 3. The molecule has 2 N–H and O–H groups in total. The molecule has 0 fully saturated rings. The van der Waals surface area contributed by atoms with E-state index in [1.165, 1.54) is 0 Å². The molecule has 2 unspecified atom stereocenters. The van der Waals surface area contributed by atoms with Crippen molar-refractivity contribution in [3.8, 4) is 0 Å². The van der Waals surface area contributed by atoms with Gasteiger partial charge in [-0.25, -0.2) is 0 Å². The SMILES string of the molecule is CC(CO)C(C)NC(=O)c1ccccc1S. The van der Waals surface area contributed by atoms with Gasteiger partial charge in [-0.2, -0.15) is 0 Å². The van der Waals surface area contributed by atoms with Crippen LogP contribution in [0.15, 0.2) is 29.2 Å². The standard InChI is InChI=1S/C12H17NO2S/c1-8(7-14)9(2)13-12(15)10-5-3-4-6-11(10)16/h3-6,8-9,14,16H,7H2,1-2H3,(H,13,15). The second-order valence-electron chi connectivity index (χ2n) is 3.94. The molecular formula is C12H17NO2S. The third-order valence-corrected chi connectivity index (χ3v) is 3.04. The number of amides is 1. The van der Waals surface area contributed by atoms with Gasteiger partial charge in [0.15, 0.2) is 0 Å². The van der Waals surface area contributed by atoms with Crippen molar-refractivity contribution >= 4 is 18.5 Å². The van der Waals surface area contributed by atoms with E-state index in [1.54, 1.807) is 18.2 Å². The Kier molecular flexibility index (Phi) is 4.83. The summed E-state index contributed by atoms with van der Waals surface area (Å²) in [7, 11) is 0. The van der Waals surface area contributed by atoms with Crippen LogP contribution in [0, 0.1) is 5.92 Å². The fraction of sp³-hybridized carbons (Fsp3) is 0.417. The van der Waals surface area contributed by atoms with Gasteiger partial charge in [0.25, 0.3) is 5.91 Å². The number of carbonyl (C=O) groups is 1. The van der Waals surface area contributed by atoms with Crippen molar-refractivity contribution < 1.29 is 9.90 Å². The van der Waals surface area contributed by atoms with Gasteiger partial charge in [0.1, 0.15) is 0 Å². The summed E-state index contributed by atoms with van der Waals surface area (Å²) in [5.41, 5.74) is 0.558. The average molecular weight is 239 g/mol. The van der Waals surface area contributed by atoms with Crippen LogP contribution in [0.1, 0.15) is 24.2 Å². The summed E-state index contributed by atoms with van der Waals surface area (Å²) in [5, 5.41) is 11.8. The molecule has 0 aliphatic rings. The minimum absolute atomic E-state index is 0.0380. The van der Waals surface area contributed by atoms with E-state index in [0.29, 0.717) is 10.5 Å². The van der Waals surface area contributed by atoms with Gasteiger partial charge < -0.3 is 10.4 Å². The predicted molar refractivity (Wildman–Crippen MR) is 66.9 cm³/mol. The van der Waals surface area contributed by atoms with Gasteiger partial charge in [0.05, 0.1) is 5.56 Å². The first-order valence-electron chi connectivity index (χ1n) is 5.26. The molecule has 1 rings (SSSR count). The van der Waals surface area contributed by atoms with Crippen LogP contribution in [0.5, 0.6) is 0 Å². The summed E-state index contributed by atoms with van der Waals surface area (Å²) < 4.78 is 0. The Morgan fingerprint density at radius 3 is 2.62 bits per heavy atom. The molecule has 0 bridgehead atoms. The third-order valence-electron chi connectivity index (χ3n) is 2.65. The molecule has 16 heavy (non-hydrogen) atoms. The van der Waals surface area contributed by atoms with Gasteiger partial charge in [-0.1, -0.05) is 19.1 Å². The Labute approximate surface area is 101 Å². The molecule has 0 aromatic heterocycles. The fourth-order valence-electron chi connectivity index (χ4n) is 1.25. The predicted octanol–water partition coefficient (Wildman–Crippen LogP) is 1.72. The smallest absolute Gasteiger partial charge is 0.252 e. The summed E-state index contributed by atoms with van der Waals surface area (Å²) in [5.74, 6) is -0.116. The van der Waals surface area contributed by atoms with Gasteiger partial charge in [-0.3, -0.25) is 4.79 Å². The van der Waals surface area contributed by atoms with Crippen molar-refractivity contribution in [3.63, 3.8) is 0 Å². The second-order valence-corrected chi connectivity index (χ2v) is 4.42. The van der Waals surface area contributed by atoms with Gasteiger partial charge >= 0.3 is 0 Å². The molecule has 1 aromatic rings. The normalized spacial score (nSPS) is 14.2. The molecule has 0 radical (unpaired) electrons. The van der Waals surface area contributed by atoms with Gasteiger partial charge in [0, 0.05) is 17.5 Å². The molecule has 1 amide bonds. The highest BCUT2D eigenvalue weighted by Crippen LogP contribution is 2.13. The van der Waals surface area contributed by atoms with Crippen LogP contribution in [0.2, 0.25) is 0 Å². The number of hydrogen-bond donors (Lipinski definition) is 3. The van der Waals surface area contributed by atoms with E-state index in [4.69, 9.17) is 5.11 Å². The highest BCUT2D eigenvalue weighted by molar-refractivity contribution is 7.80. The Morgan fingerprint density at radius 1 is 1.44 bits per heavy atom. The first-order valence-corrected chi connectivity index (χ1v) is 5.70. The number of thiol groups is 1. The number of benzene rings is 1. The van der Waals surface area contributed by atoms with Gasteiger partial charge in [0.2, 0.25) is 0 Å². The molecule has 2 atom stereocenters. The zero-order valence-corrected chi connectivity index (χ0v) is 10.4. The van der Waals surface area contributed by atoms with Crippen LogP contribution in [-0.2, 0) is 0 Å². The number of aliphatic hydroxyl groups is 1. The third kappa shape index (κ3) is 3.25. The van der Waals surface area contributed by atoms with E-state index in [9.17, 15) is 4.79 Å². The quantitative estimate of drug-likeness (QED) is 0.701. The van der Waals surface area contributed by atoms with Crippen LogP contribution < -0.4 is 5.32 Å². The summed E-state index contributed by atoms with van der Waals surface area (Å²) in [6.45, 7) is 3.82. The van der Waals surface area contributed by atoms with Crippen LogP contribution >= 0.6 is 12.6 Å². The molecule has 0 heterocycles. The summed E-state index contributed by atoms with van der Waals surface area (Å²) in [4.78, 5) is 12.5. The van der Waals surface area contributed by atoms with Crippen molar-refractivity contribution in [3.05, 3.63) is 29.8 Å². The second kappa shape index (κ2) is 5.92. The summed E-state index contributed by atoms with van der Waals surface area (Å²) >= 11 is 4.22. The minimum atomic E-state index is -0.154. The fourth-order valence-corrected chi connectivity index (χ4v) is 1.51. The molecule has 0 spiro atoms. The Hall–Kier alpha value is -1.00. The van der Waals surface area contributed by atoms with Crippen molar-refractivity contribution in [2.45, 2.75) is 24.8 Å². The average Bonchev–Trinajstić information content (AvgIpc) is 2.28. The van der Waals surface area contributed by atoms with Crippen molar-refractivity contribution in [1.82, 2.24) is 5.32 Å². The Balaban J connectivity index is 2.70. The topological polar surface area (TPSA) is 49.3 Å². The van der Waals surface area contributed by atoms with Crippen molar-refractivity contribution in [2.75, 3.05) is 6.61 Å². The molecular weight excluding hydrogens is 222 g/mol. The van der Waals surface area contributed by atoms with E-state index in [2.05, 4.69) is 17.9 Å². The van der Waals surface area contributed by atoms with E-state index in [1.807, 2.05) is 19.9 Å². The van der Waals surface area contributed by atoms with Crippen LogP contribution in [0.4, 0.5) is 0 Å². The van der Waals surface area contributed by atoms with E-state index in [0.717, 1.165) is 0 Å². The van der Waals surface area contributed by atoms with Crippen LogP contribution in [-0.4, -0.2) is 23.7 Å². The molecule has 1 aromatic carbocycles. The largest absolute Gasteiger partial charge is 0.396 e. The van der Waals surface area contributed by atoms with Crippen LogP contribution in [0.3, 0.4) is 0 Å². The lowest BCUT2D eigenvalue weighted by Gasteiger charge is -2.19. The molecule has 4 heteroatoms. The number of aliphatic hydroxyl groups excluding tert-OH is 1. The minimum Gasteiger partial charge on any atom is -0.396 e. The molecule has 88 valence electrons. The van der Waals surface area contributed by atoms with E-state index >= 15 is 0 Å². The number of nitrogens with one attached hydrogen (secondary N) is 1. The maximum absolute atomic E-state index is 11.9. The van der Waals surface area contributed by atoms with Gasteiger partial charge in [-0.05, 0) is 25.0 Å². The highest BCUT2D eigenvalue weighted by Gasteiger charge is 2.16. The lowest BCUT2D eigenvalue weighted by atomic mass is 10.0.